The van der Waals surface area contributed by atoms with E-state index in [4.69, 9.17) is 5.11 Å². The topological polar surface area (TPSA) is 62.3 Å². The molecule has 1 rings (SSSR count). The Balaban J connectivity index is 0.000000211. The van der Waals surface area contributed by atoms with Crippen molar-refractivity contribution in [1.82, 2.24) is 4.98 Å². The highest BCUT2D eigenvalue weighted by Gasteiger charge is 1.98. The van der Waals surface area contributed by atoms with E-state index in [1.807, 2.05) is 24.5 Å². The van der Waals surface area contributed by atoms with Gasteiger partial charge in [-0.2, -0.15) is 0 Å². The van der Waals surface area contributed by atoms with Crippen molar-refractivity contribution in [2.45, 2.75) is 0 Å². The van der Waals surface area contributed by atoms with Crippen molar-refractivity contribution in [3.8, 4) is 0 Å². The van der Waals surface area contributed by atoms with Crippen LogP contribution in [0.2, 0.25) is 0 Å². The van der Waals surface area contributed by atoms with Gasteiger partial charge in [-0.15, -0.1) is 0 Å². The van der Waals surface area contributed by atoms with Gasteiger partial charge >= 0.3 is 5.97 Å². The van der Waals surface area contributed by atoms with E-state index in [1.165, 1.54) is 7.11 Å². The molecule has 0 bridgehead atoms. The molecule has 1 heterocycles. The highest BCUT2D eigenvalue weighted by molar-refractivity contribution is 5.83. The molecule has 0 unspecified atom stereocenters. The molecular formula is C8H11NO3. The summed E-state index contributed by atoms with van der Waals surface area (Å²) in [5.41, 5.74) is 0. The molecule has 0 aliphatic carbocycles. The van der Waals surface area contributed by atoms with Gasteiger partial charge in [0.25, 0.3) is 0 Å². The Morgan fingerprint density at radius 2 is 2.00 bits per heavy atom. The number of aromatic nitrogens is 1. The fraction of sp³-hybridized carbons (Fsp3) is 0.125. The Bertz CT molecular complexity index is 211. The molecule has 2 N–H and O–H groups in total. The zero-order chi connectivity index (χ0) is 9.40. The van der Waals surface area contributed by atoms with Crippen LogP contribution in [0.4, 0.5) is 0 Å². The van der Waals surface area contributed by atoms with E-state index in [9.17, 15) is 4.79 Å². The molecule has 0 fully saturated rings. The van der Waals surface area contributed by atoms with Crippen LogP contribution < -0.4 is 0 Å². The van der Waals surface area contributed by atoms with Gasteiger partial charge in [-0.1, -0.05) is 0 Å². The monoisotopic (exact) mass is 169 g/mol. The Hall–Kier alpha value is -1.71. The van der Waals surface area contributed by atoms with E-state index in [2.05, 4.69) is 16.3 Å². The van der Waals surface area contributed by atoms with Crippen molar-refractivity contribution < 1.29 is 14.6 Å². The maximum atomic E-state index is 9.71. The van der Waals surface area contributed by atoms with Crippen LogP contribution in [-0.2, 0) is 9.53 Å². The molecule has 4 nitrogen and oxygen atoms in total. The Labute approximate surface area is 70.5 Å². The molecule has 0 saturated carbocycles. The predicted octanol–water partition coefficient (Wildman–Crippen LogP) is 1.25. The number of ether oxygens (including phenoxy) is 1. The smallest absolute Gasteiger partial charge is 0.370 e. The van der Waals surface area contributed by atoms with Crippen LogP contribution in [0, 0.1) is 0 Å². The number of aliphatic carboxylic acids is 1. The number of methoxy groups -OCH3 is 1. The Morgan fingerprint density at radius 3 is 2.08 bits per heavy atom. The average Bonchev–Trinajstić information content (AvgIpc) is 2.59. The van der Waals surface area contributed by atoms with Crippen LogP contribution in [0.5, 0.6) is 0 Å². The minimum absolute atomic E-state index is 0.236. The van der Waals surface area contributed by atoms with E-state index in [1.54, 1.807) is 0 Å². The van der Waals surface area contributed by atoms with Gasteiger partial charge in [0.1, 0.15) is 0 Å². The first-order valence-corrected chi connectivity index (χ1v) is 3.22. The van der Waals surface area contributed by atoms with Crippen LogP contribution in [0.1, 0.15) is 0 Å². The summed E-state index contributed by atoms with van der Waals surface area (Å²) in [6.07, 6.45) is 3.75. The standard InChI is InChI=1S/C4H5N.C4H6O3/c1-2-4-5-3-1;1-3(7-2)4(5)6/h1-5H;1H2,2H3,(H,5,6). The summed E-state index contributed by atoms with van der Waals surface area (Å²) >= 11 is 0. The van der Waals surface area contributed by atoms with Gasteiger partial charge in [-0.25, -0.2) is 4.79 Å². The fourth-order valence-corrected chi connectivity index (χ4v) is 0.365. The highest BCUT2D eigenvalue weighted by Crippen LogP contribution is 1.86. The maximum absolute atomic E-state index is 9.71. The van der Waals surface area contributed by atoms with Crippen molar-refractivity contribution in [2.24, 2.45) is 0 Å². The van der Waals surface area contributed by atoms with E-state index >= 15 is 0 Å². The SMILES string of the molecule is C=C(OC)C(=O)O.c1cc[nH]c1. The van der Waals surface area contributed by atoms with Crippen molar-refractivity contribution in [3.05, 3.63) is 36.9 Å². The van der Waals surface area contributed by atoms with Gasteiger partial charge in [0.05, 0.1) is 7.11 Å². The summed E-state index contributed by atoms with van der Waals surface area (Å²) in [5, 5.41) is 7.96. The van der Waals surface area contributed by atoms with Gasteiger partial charge in [0, 0.05) is 12.4 Å². The summed E-state index contributed by atoms with van der Waals surface area (Å²) < 4.78 is 4.22. The third-order valence-electron chi connectivity index (χ3n) is 0.981. The number of aromatic amines is 1. The molecule has 4 heteroatoms. The maximum Gasteiger partial charge on any atom is 0.370 e. The van der Waals surface area contributed by atoms with Gasteiger partial charge in [0.15, 0.2) is 5.76 Å². The number of carboxylic acid groups (broad SMARTS) is 1. The van der Waals surface area contributed by atoms with E-state index in [0.29, 0.717) is 0 Å². The molecule has 0 saturated heterocycles. The normalized spacial score (nSPS) is 7.75. The van der Waals surface area contributed by atoms with Crippen LogP contribution in [-0.4, -0.2) is 23.2 Å². The molecule has 0 amide bonds. The number of carbonyl (C=O) groups is 1. The highest BCUT2D eigenvalue weighted by atomic mass is 16.5. The lowest BCUT2D eigenvalue weighted by Gasteiger charge is -1.92. The molecule has 0 aliphatic rings. The average molecular weight is 169 g/mol. The predicted molar refractivity (Wildman–Crippen MR) is 44.6 cm³/mol. The molecule has 1 aromatic heterocycles. The number of carboxylic acids is 1. The zero-order valence-electron chi connectivity index (χ0n) is 6.78. The lowest BCUT2D eigenvalue weighted by molar-refractivity contribution is -0.136. The van der Waals surface area contributed by atoms with Crippen LogP contribution >= 0.6 is 0 Å². The number of nitrogens with one attached hydrogen (secondary N) is 1. The summed E-state index contributed by atoms with van der Waals surface area (Å²) in [4.78, 5) is 12.6. The van der Waals surface area contributed by atoms with Crippen molar-refractivity contribution in [1.29, 1.82) is 0 Å². The number of hydrogen-bond donors (Lipinski definition) is 2. The molecule has 66 valence electrons. The third-order valence-corrected chi connectivity index (χ3v) is 0.981. The summed E-state index contributed by atoms with van der Waals surface area (Å²) in [5.74, 6) is -1.36. The first-order valence-electron chi connectivity index (χ1n) is 3.22. The second kappa shape index (κ2) is 6.03. The minimum atomic E-state index is -1.12. The van der Waals surface area contributed by atoms with E-state index < -0.39 is 5.97 Å². The summed E-state index contributed by atoms with van der Waals surface area (Å²) in [6.45, 7) is 3.05. The van der Waals surface area contributed by atoms with Crippen molar-refractivity contribution in [3.63, 3.8) is 0 Å². The van der Waals surface area contributed by atoms with Crippen molar-refractivity contribution in [2.75, 3.05) is 7.11 Å². The van der Waals surface area contributed by atoms with E-state index in [-0.39, 0.29) is 5.76 Å². The fourth-order valence-electron chi connectivity index (χ4n) is 0.365. The number of H-pyrrole nitrogens is 1. The zero-order valence-corrected chi connectivity index (χ0v) is 6.78. The largest absolute Gasteiger partial charge is 0.490 e. The van der Waals surface area contributed by atoms with Gasteiger partial charge in [0.2, 0.25) is 0 Å². The quantitative estimate of drug-likeness (QED) is 0.517. The molecule has 1 aromatic rings. The molecule has 0 aliphatic heterocycles. The van der Waals surface area contributed by atoms with Crippen LogP contribution in [0.25, 0.3) is 0 Å². The number of hydrogen-bond acceptors (Lipinski definition) is 2. The molecule has 12 heavy (non-hydrogen) atoms. The molecule has 0 spiro atoms. The summed E-state index contributed by atoms with van der Waals surface area (Å²) in [6, 6.07) is 3.89. The van der Waals surface area contributed by atoms with Gasteiger partial charge in [-0.05, 0) is 18.7 Å². The third kappa shape index (κ3) is 5.10. The molecule has 0 atom stereocenters. The minimum Gasteiger partial charge on any atom is -0.490 e. The Kier molecular flexibility index (Phi) is 5.17. The first-order chi connectivity index (χ1) is 5.68. The second-order valence-corrected chi connectivity index (χ2v) is 1.82. The lowest BCUT2D eigenvalue weighted by atomic mass is 10.6. The van der Waals surface area contributed by atoms with Crippen molar-refractivity contribution >= 4 is 5.97 Å². The first kappa shape index (κ1) is 10.3. The second-order valence-electron chi connectivity index (χ2n) is 1.82. The van der Waals surface area contributed by atoms with Gasteiger partial charge in [-0.3, -0.25) is 0 Å². The van der Waals surface area contributed by atoms with E-state index in [0.717, 1.165) is 0 Å². The molecule has 0 aromatic carbocycles. The van der Waals surface area contributed by atoms with Gasteiger partial charge < -0.3 is 14.8 Å². The van der Waals surface area contributed by atoms with Crippen LogP contribution in [0.15, 0.2) is 36.9 Å². The summed E-state index contributed by atoms with van der Waals surface area (Å²) in [7, 11) is 1.26. The number of rotatable bonds is 2. The Morgan fingerprint density at radius 1 is 1.50 bits per heavy atom. The molecular weight excluding hydrogens is 158 g/mol. The lowest BCUT2D eigenvalue weighted by Crippen LogP contribution is -1.99. The molecule has 0 radical (unpaired) electrons. The van der Waals surface area contributed by atoms with Crippen LogP contribution in [0.3, 0.4) is 0 Å².